The van der Waals surface area contributed by atoms with E-state index in [1.807, 2.05) is 18.2 Å². The Balaban J connectivity index is 1.92. The van der Waals surface area contributed by atoms with Crippen LogP contribution in [0.1, 0.15) is 35.3 Å². The van der Waals surface area contributed by atoms with E-state index >= 15 is 0 Å². The maximum absolute atomic E-state index is 13.0. The number of hydrogen-bond acceptors (Lipinski definition) is 5. The molecule has 6 nitrogen and oxygen atoms in total. The molecule has 0 atom stereocenters. The molecule has 1 heterocycles. The SMILES string of the molecule is COCC(=O)Nc1cccc(C(=O)C=C2NC(C)(C)Cc3ccc(OC)cc32)c1. The van der Waals surface area contributed by atoms with Crippen molar-refractivity contribution in [2.24, 2.45) is 0 Å². The molecule has 0 saturated carbocycles. The Hall–Kier alpha value is -3.12. The van der Waals surface area contributed by atoms with Crippen LogP contribution in [0.5, 0.6) is 5.75 Å². The molecule has 6 heteroatoms. The number of nitrogens with one attached hydrogen (secondary N) is 2. The van der Waals surface area contributed by atoms with E-state index in [1.165, 1.54) is 7.11 Å². The smallest absolute Gasteiger partial charge is 0.250 e. The predicted molar refractivity (Wildman–Crippen MR) is 113 cm³/mol. The second kappa shape index (κ2) is 8.49. The molecule has 0 aliphatic carbocycles. The van der Waals surface area contributed by atoms with E-state index in [4.69, 9.17) is 9.47 Å². The summed E-state index contributed by atoms with van der Waals surface area (Å²) < 4.78 is 10.2. The van der Waals surface area contributed by atoms with Crippen LogP contribution in [0.3, 0.4) is 0 Å². The lowest BCUT2D eigenvalue weighted by molar-refractivity contribution is -0.119. The van der Waals surface area contributed by atoms with Crippen molar-refractivity contribution in [3.8, 4) is 5.75 Å². The molecule has 0 unspecified atom stereocenters. The number of carbonyl (C=O) groups is 2. The molecular weight excluding hydrogens is 368 g/mol. The summed E-state index contributed by atoms with van der Waals surface area (Å²) in [7, 11) is 3.08. The number of carbonyl (C=O) groups excluding carboxylic acids is 2. The summed E-state index contributed by atoms with van der Waals surface area (Å²) in [5.74, 6) is 0.320. The van der Waals surface area contributed by atoms with E-state index in [1.54, 1.807) is 37.5 Å². The van der Waals surface area contributed by atoms with Crippen LogP contribution < -0.4 is 15.4 Å². The molecule has 2 N–H and O–H groups in total. The van der Waals surface area contributed by atoms with Gasteiger partial charge in [-0.3, -0.25) is 9.59 Å². The normalized spacial score (nSPS) is 15.9. The first-order chi connectivity index (χ1) is 13.8. The summed E-state index contributed by atoms with van der Waals surface area (Å²) in [6.07, 6.45) is 2.45. The minimum absolute atomic E-state index is 0.0418. The van der Waals surface area contributed by atoms with Gasteiger partial charge in [-0.25, -0.2) is 0 Å². The number of hydrogen-bond donors (Lipinski definition) is 2. The number of fused-ring (bicyclic) bond motifs is 1. The van der Waals surface area contributed by atoms with Gasteiger partial charge in [0.05, 0.1) is 7.11 Å². The minimum Gasteiger partial charge on any atom is -0.497 e. The Morgan fingerprint density at radius 2 is 1.97 bits per heavy atom. The van der Waals surface area contributed by atoms with Gasteiger partial charge in [-0.2, -0.15) is 0 Å². The number of methoxy groups -OCH3 is 2. The lowest BCUT2D eigenvalue weighted by Gasteiger charge is -2.35. The van der Waals surface area contributed by atoms with E-state index in [0.29, 0.717) is 11.3 Å². The maximum Gasteiger partial charge on any atom is 0.250 e. The monoisotopic (exact) mass is 394 g/mol. The van der Waals surface area contributed by atoms with Crippen molar-refractivity contribution in [2.45, 2.75) is 25.8 Å². The van der Waals surface area contributed by atoms with Crippen molar-refractivity contribution >= 4 is 23.1 Å². The molecule has 1 amide bonds. The molecule has 2 aromatic carbocycles. The van der Waals surface area contributed by atoms with Crippen LogP contribution in [-0.4, -0.2) is 38.1 Å². The van der Waals surface area contributed by atoms with Gasteiger partial charge in [0.2, 0.25) is 5.91 Å². The van der Waals surface area contributed by atoms with Gasteiger partial charge in [0.25, 0.3) is 0 Å². The first-order valence-electron chi connectivity index (χ1n) is 9.41. The number of rotatable bonds is 6. The molecule has 0 radical (unpaired) electrons. The first-order valence-corrected chi connectivity index (χ1v) is 9.41. The van der Waals surface area contributed by atoms with Crippen molar-refractivity contribution in [1.29, 1.82) is 0 Å². The quantitative estimate of drug-likeness (QED) is 0.580. The number of benzene rings is 2. The molecule has 2 aromatic rings. The van der Waals surface area contributed by atoms with Crippen LogP contribution in [0, 0.1) is 0 Å². The Kier molecular flexibility index (Phi) is 6.03. The van der Waals surface area contributed by atoms with E-state index < -0.39 is 0 Å². The standard InChI is InChI=1S/C23H26N2O4/c1-23(2)13-16-8-9-18(29-4)11-19(16)20(25-23)12-21(26)15-6-5-7-17(10-15)24-22(27)14-28-3/h5-12,25H,13-14H2,1-4H3,(H,24,27). The third-order valence-corrected chi connectivity index (χ3v) is 4.69. The second-order valence-corrected chi connectivity index (χ2v) is 7.69. The number of allylic oxidation sites excluding steroid dienone is 1. The van der Waals surface area contributed by atoms with Crippen LogP contribution in [-0.2, 0) is 16.0 Å². The summed E-state index contributed by atoms with van der Waals surface area (Å²) in [6, 6.07) is 12.8. The minimum atomic E-state index is -0.271. The fraction of sp³-hybridized carbons (Fsp3) is 0.304. The van der Waals surface area contributed by atoms with E-state index in [9.17, 15) is 9.59 Å². The number of ketones is 1. The third kappa shape index (κ3) is 5.03. The van der Waals surface area contributed by atoms with Gasteiger partial charge < -0.3 is 20.1 Å². The summed E-state index contributed by atoms with van der Waals surface area (Å²) in [5.41, 5.74) is 3.74. The summed E-state index contributed by atoms with van der Waals surface area (Å²) >= 11 is 0. The summed E-state index contributed by atoms with van der Waals surface area (Å²) in [4.78, 5) is 24.7. The average Bonchev–Trinajstić information content (AvgIpc) is 2.67. The summed E-state index contributed by atoms with van der Waals surface area (Å²) in [6.45, 7) is 4.16. The first kappa shape index (κ1) is 20.6. The molecule has 3 rings (SSSR count). The van der Waals surface area contributed by atoms with Crippen molar-refractivity contribution in [1.82, 2.24) is 5.32 Å². The van der Waals surface area contributed by atoms with Crippen LogP contribution in [0.15, 0.2) is 48.5 Å². The number of anilines is 1. The largest absolute Gasteiger partial charge is 0.497 e. The Morgan fingerprint density at radius 3 is 2.69 bits per heavy atom. The highest BCUT2D eigenvalue weighted by Gasteiger charge is 2.28. The van der Waals surface area contributed by atoms with Crippen molar-refractivity contribution < 1.29 is 19.1 Å². The van der Waals surface area contributed by atoms with Crippen molar-refractivity contribution in [3.05, 3.63) is 65.2 Å². The average molecular weight is 394 g/mol. The highest BCUT2D eigenvalue weighted by molar-refractivity contribution is 6.09. The molecular formula is C23H26N2O4. The van der Waals surface area contributed by atoms with Crippen molar-refractivity contribution in [3.63, 3.8) is 0 Å². The zero-order chi connectivity index (χ0) is 21.0. The summed E-state index contributed by atoms with van der Waals surface area (Å²) in [5, 5.41) is 6.18. The molecule has 29 heavy (non-hydrogen) atoms. The highest BCUT2D eigenvalue weighted by atomic mass is 16.5. The molecule has 1 aliphatic heterocycles. The molecule has 0 spiro atoms. The second-order valence-electron chi connectivity index (χ2n) is 7.69. The van der Waals surface area contributed by atoms with Crippen LogP contribution in [0.25, 0.3) is 5.70 Å². The van der Waals surface area contributed by atoms with Gasteiger partial charge in [-0.1, -0.05) is 18.2 Å². The van der Waals surface area contributed by atoms with Gasteiger partial charge in [-0.05, 0) is 50.1 Å². The number of amides is 1. The molecule has 0 aromatic heterocycles. The van der Waals surface area contributed by atoms with E-state index in [-0.39, 0.29) is 23.8 Å². The molecule has 0 bridgehead atoms. The number of ether oxygens (including phenoxy) is 2. The lowest BCUT2D eigenvalue weighted by Crippen LogP contribution is -2.43. The van der Waals surface area contributed by atoms with E-state index in [2.05, 4.69) is 24.5 Å². The zero-order valence-electron chi connectivity index (χ0n) is 17.2. The predicted octanol–water partition coefficient (Wildman–Crippen LogP) is 3.43. The van der Waals surface area contributed by atoms with Gasteiger partial charge >= 0.3 is 0 Å². The lowest BCUT2D eigenvalue weighted by atomic mass is 9.85. The molecule has 0 saturated heterocycles. The Labute approximate surface area is 170 Å². The van der Waals surface area contributed by atoms with Gasteiger partial charge in [0, 0.05) is 41.2 Å². The fourth-order valence-corrected chi connectivity index (χ4v) is 3.45. The van der Waals surface area contributed by atoms with E-state index in [0.717, 1.165) is 29.0 Å². The zero-order valence-corrected chi connectivity index (χ0v) is 17.2. The van der Waals surface area contributed by atoms with Gasteiger partial charge in [0.1, 0.15) is 12.4 Å². The van der Waals surface area contributed by atoms with Crippen LogP contribution in [0.4, 0.5) is 5.69 Å². The fourth-order valence-electron chi connectivity index (χ4n) is 3.45. The topological polar surface area (TPSA) is 76.7 Å². The molecule has 1 aliphatic rings. The van der Waals surface area contributed by atoms with Crippen LogP contribution in [0.2, 0.25) is 0 Å². The van der Waals surface area contributed by atoms with Gasteiger partial charge in [-0.15, -0.1) is 0 Å². The Bertz CT molecular complexity index is 963. The highest BCUT2D eigenvalue weighted by Crippen LogP contribution is 2.32. The maximum atomic E-state index is 13.0. The third-order valence-electron chi connectivity index (χ3n) is 4.69. The Morgan fingerprint density at radius 1 is 1.17 bits per heavy atom. The van der Waals surface area contributed by atoms with Gasteiger partial charge in [0.15, 0.2) is 5.78 Å². The van der Waals surface area contributed by atoms with Crippen molar-refractivity contribution in [2.75, 3.05) is 26.1 Å². The molecule has 152 valence electrons. The van der Waals surface area contributed by atoms with Crippen LogP contribution >= 0.6 is 0 Å². The molecule has 0 fully saturated rings.